The lowest BCUT2D eigenvalue weighted by molar-refractivity contribution is 0.0949. The molecule has 0 aliphatic heterocycles. The zero-order valence-electron chi connectivity index (χ0n) is 11.4. The van der Waals surface area contributed by atoms with Gasteiger partial charge in [0.1, 0.15) is 5.75 Å². The number of methoxy groups -OCH3 is 1. The number of hydrogen-bond acceptors (Lipinski definition) is 3. The van der Waals surface area contributed by atoms with Crippen LogP contribution in [0.25, 0.3) is 0 Å². The maximum Gasteiger partial charge on any atom is 0.251 e. The summed E-state index contributed by atoms with van der Waals surface area (Å²) < 4.78 is 5.05. The monoisotopic (exact) mass is 250 g/mol. The highest BCUT2D eigenvalue weighted by atomic mass is 16.5. The third kappa shape index (κ3) is 4.37. The third-order valence-electron chi connectivity index (χ3n) is 2.96. The van der Waals surface area contributed by atoms with Gasteiger partial charge in [0, 0.05) is 18.7 Å². The molecule has 100 valence electrons. The lowest BCUT2D eigenvalue weighted by Gasteiger charge is -2.17. The lowest BCUT2D eigenvalue weighted by atomic mass is 10.2. The number of amides is 1. The Bertz CT molecular complexity index is 359. The van der Waals surface area contributed by atoms with Gasteiger partial charge in [-0.25, -0.2) is 0 Å². The van der Waals surface area contributed by atoms with E-state index in [2.05, 4.69) is 24.1 Å². The fourth-order valence-corrected chi connectivity index (χ4v) is 1.71. The number of carbonyl (C=O) groups is 1. The van der Waals surface area contributed by atoms with Gasteiger partial charge in [-0.2, -0.15) is 0 Å². The van der Waals surface area contributed by atoms with E-state index in [-0.39, 0.29) is 5.91 Å². The van der Waals surface area contributed by atoms with E-state index in [1.807, 2.05) is 0 Å². The van der Waals surface area contributed by atoms with Gasteiger partial charge < -0.3 is 15.0 Å². The summed E-state index contributed by atoms with van der Waals surface area (Å²) in [4.78, 5) is 14.1. The summed E-state index contributed by atoms with van der Waals surface area (Å²) in [5.41, 5.74) is 0.662. The number of carbonyl (C=O) groups excluding carboxylic acids is 1. The van der Waals surface area contributed by atoms with Crippen LogP contribution < -0.4 is 10.1 Å². The van der Waals surface area contributed by atoms with E-state index < -0.39 is 0 Å². The highest BCUT2D eigenvalue weighted by molar-refractivity contribution is 5.94. The van der Waals surface area contributed by atoms with Crippen LogP contribution in [0.2, 0.25) is 0 Å². The molecule has 0 spiro atoms. The first kappa shape index (κ1) is 14.5. The van der Waals surface area contributed by atoms with Crippen LogP contribution in [0, 0.1) is 0 Å². The molecule has 0 unspecified atom stereocenters. The Morgan fingerprint density at radius 1 is 1.22 bits per heavy atom. The summed E-state index contributed by atoms with van der Waals surface area (Å²) in [7, 11) is 1.61. The van der Waals surface area contributed by atoms with Crippen molar-refractivity contribution in [2.75, 3.05) is 33.3 Å². The van der Waals surface area contributed by atoms with Gasteiger partial charge in [-0.3, -0.25) is 4.79 Å². The van der Waals surface area contributed by atoms with E-state index in [1.165, 1.54) is 0 Å². The summed E-state index contributed by atoms with van der Waals surface area (Å²) in [5, 5.41) is 2.91. The normalized spacial score (nSPS) is 10.4. The predicted octanol–water partition coefficient (Wildman–Crippen LogP) is 1.77. The molecule has 1 N–H and O–H groups in total. The summed E-state index contributed by atoms with van der Waals surface area (Å²) in [6, 6.07) is 7.12. The van der Waals surface area contributed by atoms with Crippen LogP contribution in [0.3, 0.4) is 0 Å². The second-order valence-corrected chi connectivity index (χ2v) is 4.01. The lowest BCUT2D eigenvalue weighted by Crippen LogP contribution is -2.34. The topological polar surface area (TPSA) is 41.6 Å². The fraction of sp³-hybridized carbons (Fsp3) is 0.500. The van der Waals surface area contributed by atoms with Crippen molar-refractivity contribution in [1.82, 2.24) is 10.2 Å². The van der Waals surface area contributed by atoms with Crippen LogP contribution in [-0.2, 0) is 0 Å². The molecule has 4 heteroatoms. The van der Waals surface area contributed by atoms with Gasteiger partial charge in [0.15, 0.2) is 0 Å². The number of ether oxygens (including phenoxy) is 1. The highest BCUT2D eigenvalue weighted by Crippen LogP contribution is 2.10. The number of benzene rings is 1. The Morgan fingerprint density at radius 2 is 1.83 bits per heavy atom. The minimum atomic E-state index is -0.0372. The molecule has 0 heterocycles. The van der Waals surface area contributed by atoms with Gasteiger partial charge >= 0.3 is 0 Å². The maximum atomic E-state index is 11.8. The van der Waals surface area contributed by atoms with Crippen molar-refractivity contribution >= 4 is 5.91 Å². The number of rotatable bonds is 7. The molecule has 0 bridgehead atoms. The van der Waals surface area contributed by atoms with Crippen LogP contribution in [0.1, 0.15) is 24.2 Å². The van der Waals surface area contributed by atoms with Crippen molar-refractivity contribution in [2.45, 2.75) is 13.8 Å². The quantitative estimate of drug-likeness (QED) is 0.802. The number of hydrogen-bond donors (Lipinski definition) is 1. The first-order chi connectivity index (χ1) is 8.71. The van der Waals surface area contributed by atoms with E-state index in [9.17, 15) is 4.79 Å². The average Bonchev–Trinajstić information content (AvgIpc) is 2.43. The van der Waals surface area contributed by atoms with Gasteiger partial charge in [0.2, 0.25) is 0 Å². The molecule has 0 aromatic heterocycles. The summed E-state index contributed by atoms with van der Waals surface area (Å²) in [5.74, 6) is 0.722. The van der Waals surface area contributed by atoms with Crippen LogP contribution in [0.4, 0.5) is 0 Å². The molecule has 0 fully saturated rings. The Hall–Kier alpha value is -1.55. The van der Waals surface area contributed by atoms with E-state index in [0.717, 1.165) is 25.4 Å². The fourth-order valence-electron chi connectivity index (χ4n) is 1.71. The van der Waals surface area contributed by atoms with Crippen molar-refractivity contribution in [2.24, 2.45) is 0 Å². The molecule has 0 saturated heterocycles. The Balaban J connectivity index is 2.40. The summed E-state index contributed by atoms with van der Waals surface area (Å²) in [6.07, 6.45) is 0. The molecule has 1 aromatic rings. The predicted molar refractivity (Wildman–Crippen MR) is 73.1 cm³/mol. The molecule has 18 heavy (non-hydrogen) atoms. The zero-order chi connectivity index (χ0) is 13.4. The molecule has 0 atom stereocenters. The van der Waals surface area contributed by atoms with E-state index in [1.54, 1.807) is 31.4 Å². The van der Waals surface area contributed by atoms with E-state index >= 15 is 0 Å². The van der Waals surface area contributed by atoms with Crippen LogP contribution >= 0.6 is 0 Å². The Kier molecular flexibility index (Phi) is 6.22. The number of nitrogens with one attached hydrogen (secondary N) is 1. The molecular formula is C14H22N2O2. The third-order valence-corrected chi connectivity index (χ3v) is 2.96. The van der Waals surface area contributed by atoms with Gasteiger partial charge in [-0.1, -0.05) is 13.8 Å². The number of nitrogens with zero attached hydrogens (tertiary/aromatic N) is 1. The Morgan fingerprint density at radius 3 is 2.33 bits per heavy atom. The van der Waals surface area contributed by atoms with Crippen molar-refractivity contribution < 1.29 is 9.53 Å². The van der Waals surface area contributed by atoms with Crippen LogP contribution in [-0.4, -0.2) is 44.1 Å². The van der Waals surface area contributed by atoms with Crippen LogP contribution in [0.15, 0.2) is 24.3 Å². The molecular weight excluding hydrogens is 228 g/mol. The Labute approximate surface area is 109 Å². The SMILES string of the molecule is CCN(CC)CCNC(=O)c1ccc(OC)cc1. The van der Waals surface area contributed by atoms with Crippen molar-refractivity contribution in [3.05, 3.63) is 29.8 Å². The average molecular weight is 250 g/mol. The minimum Gasteiger partial charge on any atom is -0.497 e. The molecule has 0 radical (unpaired) electrons. The summed E-state index contributed by atoms with van der Waals surface area (Å²) in [6.45, 7) is 7.81. The van der Waals surface area contributed by atoms with Gasteiger partial charge in [-0.15, -0.1) is 0 Å². The van der Waals surface area contributed by atoms with Gasteiger partial charge in [-0.05, 0) is 37.4 Å². The van der Waals surface area contributed by atoms with Crippen molar-refractivity contribution in [1.29, 1.82) is 0 Å². The highest BCUT2D eigenvalue weighted by Gasteiger charge is 2.05. The van der Waals surface area contributed by atoms with Gasteiger partial charge in [0.05, 0.1) is 7.11 Å². The molecule has 1 aromatic carbocycles. The smallest absolute Gasteiger partial charge is 0.251 e. The van der Waals surface area contributed by atoms with E-state index in [4.69, 9.17) is 4.74 Å². The van der Waals surface area contributed by atoms with Crippen molar-refractivity contribution in [3.8, 4) is 5.75 Å². The first-order valence-electron chi connectivity index (χ1n) is 6.35. The first-order valence-corrected chi connectivity index (χ1v) is 6.35. The van der Waals surface area contributed by atoms with E-state index in [0.29, 0.717) is 12.1 Å². The standard InChI is InChI=1S/C14H22N2O2/c1-4-16(5-2)11-10-15-14(17)12-6-8-13(18-3)9-7-12/h6-9H,4-5,10-11H2,1-3H3,(H,15,17). The van der Waals surface area contributed by atoms with Gasteiger partial charge in [0.25, 0.3) is 5.91 Å². The molecule has 0 aliphatic rings. The second kappa shape index (κ2) is 7.71. The van der Waals surface area contributed by atoms with Crippen LogP contribution in [0.5, 0.6) is 5.75 Å². The summed E-state index contributed by atoms with van der Waals surface area (Å²) >= 11 is 0. The second-order valence-electron chi connectivity index (χ2n) is 4.01. The molecule has 0 aliphatic carbocycles. The molecule has 1 rings (SSSR count). The maximum absolute atomic E-state index is 11.8. The molecule has 4 nitrogen and oxygen atoms in total. The molecule has 1 amide bonds. The zero-order valence-corrected chi connectivity index (χ0v) is 11.4. The minimum absolute atomic E-state index is 0.0372. The number of likely N-dealkylation sites (N-methyl/N-ethyl adjacent to an activating group) is 1. The van der Waals surface area contributed by atoms with Crippen molar-refractivity contribution in [3.63, 3.8) is 0 Å². The molecule has 0 saturated carbocycles. The largest absolute Gasteiger partial charge is 0.497 e.